The zero-order valence-corrected chi connectivity index (χ0v) is 12.1. The Kier molecular flexibility index (Phi) is 3.76. The van der Waals surface area contributed by atoms with Crippen LogP contribution in [0.2, 0.25) is 0 Å². The highest BCUT2D eigenvalue weighted by molar-refractivity contribution is 5.34. The zero-order valence-electron chi connectivity index (χ0n) is 12.1. The molecule has 0 N–H and O–H groups in total. The second kappa shape index (κ2) is 5.58. The van der Waals surface area contributed by atoms with Gasteiger partial charge in [0.25, 0.3) is 0 Å². The van der Waals surface area contributed by atoms with Gasteiger partial charge in [-0.25, -0.2) is 9.97 Å². The van der Waals surface area contributed by atoms with E-state index in [2.05, 4.69) is 15.1 Å². The molecule has 0 aliphatic carbocycles. The molecule has 0 radical (unpaired) electrons. The summed E-state index contributed by atoms with van der Waals surface area (Å²) in [4.78, 5) is 9.54. The zero-order chi connectivity index (χ0) is 15.7. The molecule has 0 spiro atoms. The van der Waals surface area contributed by atoms with Crippen molar-refractivity contribution in [3.63, 3.8) is 0 Å². The van der Waals surface area contributed by atoms with E-state index in [0.717, 1.165) is 24.5 Å². The lowest BCUT2D eigenvalue weighted by atomic mass is 10.2. The Hall–Kier alpha value is -2.12. The van der Waals surface area contributed by atoms with Gasteiger partial charge >= 0.3 is 6.18 Å². The molecule has 1 saturated heterocycles. The summed E-state index contributed by atoms with van der Waals surface area (Å²) in [6.45, 7) is 3.23. The third kappa shape index (κ3) is 3.05. The van der Waals surface area contributed by atoms with Crippen molar-refractivity contribution in [2.45, 2.75) is 38.5 Å². The van der Waals surface area contributed by atoms with Gasteiger partial charge in [-0.15, -0.1) is 0 Å². The highest BCUT2D eigenvalue weighted by Crippen LogP contribution is 2.30. The van der Waals surface area contributed by atoms with Crippen molar-refractivity contribution in [1.82, 2.24) is 19.7 Å². The van der Waals surface area contributed by atoms with Gasteiger partial charge in [0.2, 0.25) is 5.95 Å². The van der Waals surface area contributed by atoms with Crippen molar-refractivity contribution >= 4 is 5.95 Å². The van der Waals surface area contributed by atoms with E-state index in [0.29, 0.717) is 13.1 Å². The number of alkyl halides is 3. The third-order valence-corrected chi connectivity index (χ3v) is 3.73. The maximum Gasteiger partial charge on any atom is 0.433 e. The first kappa shape index (κ1) is 14.8. The molecule has 118 valence electrons. The Bertz CT molecular complexity index is 652. The number of hydrogen-bond donors (Lipinski definition) is 0. The minimum Gasteiger partial charge on any atom is -0.336 e. The predicted molar refractivity (Wildman–Crippen MR) is 74.4 cm³/mol. The van der Waals surface area contributed by atoms with Crippen LogP contribution < -0.4 is 4.90 Å². The van der Waals surface area contributed by atoms with Crippen LogP contribution in [0.4, 0.5) is 19.1 Å². The first-order chi connectivity index (χ1) is 10.4. The molecule has 3 rings (SSSR count). The Morgan fingerprint density at radius 3 is 2.86 bits per heavy atom. The van der Waals surface area contributed by atoms with Crippen LogP contribution >= 0.6 is 0 Å². The molecular formula is C14H16F3N5. The molecule has 1 aliphatic heterocycles. The highest BCUT2D eigenvalue weighted by Gasteiger charge is 2.34. The predicted octanol–water partition coefficient (Wildman–Crippen LogP) is 2.67. The van der Waals surface area contributed by atoms with E-state index in [-0.39, 0.29) is 12.0 Å². The summed E-state index contributed by atoms with van der Waals surface area (Å²) >= 11 is 0. The van der Waals surface area contributed by atoms with Gasteiger partial charge in [0.15, 0.2) is 0 Å². The molecule has 1 aliphatic rings. The largest absolute Gasteiger partial charge is 0.433 e. The number of halogens is 3. The van der Waals surface area contributed by atoms with Gasteiger partial charge in [-0.2, -0.15) is 18.3 Å². The van der Waals surface area contributed by atoms with Crippen LogP contribution in [0.5, 0.6) is 0 Å². The molecule has 3 heterocycles. The SMILES string of the molecule is Cc1cnn(CC2CCCN2c2nccc(C(F)(F)F)n2)c1. The van der Waals surface area contributed by atoms with Crippen molar-refractivity contribution in [3.8, 4) is 0 Å². The van der Waals surface area contributed by atoms with Crippen molar-refractivity contribution in [1.29, 1.82) is 0 Å². The summed E-state index contributed by atoms with van der Waals surface area (Å²) in [7, 11) is 0. The normalized spacial score (nSPS) is 18.9. The summed E-state index contributed by atoms with van der Waals surface area (Å²) in [5.74, 6) is 0.140. The number of aromatic nitrogens is 4. The van der Waals surface area contributed by atoms with Crippen molar-refractivity contribution < 1.29 is 13.2 Å². The minimum absolute atomic E-state index is 0.0581. The molecular weight excluding hydrogens is 295 g/mol. The molecule has 1 fully saturated rings. The van der Waals surface area contributed by atoms with E-state index >= 15 is 0 Å². The maximum absolute atomic E-state index is 12.8. The van der Waals surface area contributed by atoms with E-state index in [1.54, 1.807) is 6.20 Å². The average molecular weight is 311 g/mol. The Morgan fingerprint density at radius 2 is 2.18 bits per heavy atom. The lowest BCUT2D eigenvalue weighted by Gasteiger charge is -2.25. The van der Waals surface area contributed by atoms with Gasteiger partial charge in [-0.1, -0.05) is 0 Å². The maximum atomic E-state index is 12.8. The summed E-state index contributed by atoms with van der Waals surface area (Å²) in [6, 6.07) is 0.952. The second-order valence-corrected chi connectivity index (χ2v) is 5.47. The van der Waals surface area contributed by atoms with Crippen molar-refractivity contribution in [2.24, 2.45) is 0 Å². The lowest BCUT2D eigenvalue weighted by Crippen LogP contribution is -2.34. The van der Waals surface area contributed by atoms with Gasteiger partial charge < -0.3 is 4.90 Å². The third-order valence-electron chi connectivity index (χ3n) is 3.73. The molecule has 8 heteroatoms. The molecule has 0 aromatic carbocycles. The van der Waals surface area contributed by atoms with Crippen LogP contribution in [0.1, 0.15) is 24.1 Å². The number of rotatable bonds is 3. The molecule has 1 unspecified atom stereocenters. The van der Waals surface area contributed by atoms with E-state index in [1.807, 2.05) is 22.7 Å². The Labute approximate surface area is 125 Å². The number of anilines is 1. The Balaban J connectivity index is 1.81. The minimum atomic E-state index is -4.45. The summed E-state index contributed by atoms with van der Waals surface area (Å²) in [5, 5.41) is 4.23. The molecule has 0 saturated carbocycles. The second-order valence-electron chi connectivity index (χ2n) is 5.47. The van der Waals surface area contributed by atoms with Crippen LogP contribution in [0, 0.1) is 6.92 Å². The fourth-order valence-corrected chi connectivity index (χ4v) is 2.72. The van der Waals surface area contributed by atoms with Gasteiger partial charge in [0.1, 0.15) is 5.69 Å². The highest BCUT2D eigenvalue weighted by atomic mass is 19.4. The monoisotopic (exact) mass is 311 g/mol. The quantitative estimate of drug-likeness (QED) is 0.874. The van der Waals surface area contributed by atoms with E-state index in [1.165, 1.54) is 6.20 Å². The molecule has 5 nitrogen and oxygen atoms in total. The van der Waals surface area contributed by atoms with Crippen molar-refractivity contribution in [3.05, 3.63) is 35.9 Å². The summed E-state index contributed by atoms with van der Waals surface area (Å²) in [5.41, 5.74) is 0.151. The summed E-state index contributed by atoms with van der Waals surface area (Å²) in [6.07, 6.45) is 2.19. The first-order valence-corrected chi connectivity index (χ1v) is 7.09. The molecule has 0 amide bonds. The number of aryl methyl sites for hydroxylation is 1. The van der Waals surface area contributed by atoms with Crippen LogP contribution in [0.3, 0.4) is 0 Å². The lowest BCUT2D eigenvalue weighted by molar-refractivity contribution is -0.141. The van der Waals surface area contributed by atoms with Gasteiger partial charge in [0.05, 0.1) is 18.8 Å². The fraction of sp³-hybridized carbons (Fsp3) is 0.500. The summed E-state index contributed by atoms with van der Waals surface area (Å²) < 4.78 is 40.1. The molecule has 22 heavy (non-hydrogen) atoms. The van der Waals surface area contributed by atoms with Crippen LogP contribution in [-0.4, -0.2) is 32.3 Å². The van der Waals surface area contributed by atoms with E-state index in [9.17, 15) is 13.2 Å². The van der Waals surface area contributed by atoms with Gasteiger partial charge in [-0.3, -0.25) is 4.68 Å². The number of hydrogen-bond acceptors (Lipinski definition) is 4. The van der Waals surface area contributed by atoms with Gasteiger partial charge in [-0.05, 0) is 31.4 Å². The van der Waals surface area contributed by atoms with Crippen LogP contribution in [0.25, 0.3) is 0 Å². The molecule has 1 atom stereocenters. The smallest absolute Gasteiger partial charge is 0.336 e. The first-order valence-electron chi connectivity index (χ1n) is 7.09. The topological polar surface area (TPSA) is 46.8 Å². The van der Waals surface area contributed by atoms with E-state index < -0.39 is 11.9 Å². The fourth-order valence-electron chi connectivity index (χ4n) is 2.72. The molecule has 2 aromatic heterocycles. The van der Waals surface area contributed by atoms with Crippen molar-refractivity contribution in [2.75, 3.05) is 11.4 Å². The van der Waals surface area contributed by atoms with Crippen LogP contribution in [0.15, 0.2) is 24.7 Å². The van der Waals surface area contributed by atoms with E-state index in [4.69, 9.17) is 0 Å². The number of nitrogens with zero attached hydrogens (tertiary/aromatic N) is 5. The standard InChI is InChI=1S/C14H16F3N5/c1-10-7-19-21(8-10)9-11-3-2-6-22(11)13-18-5-4-12(20-13)14(15,16)17/h4-5,7-8,11H,2-3,6,9H2,1H3. The Morgan fingerprint density at radius 1 is 1.36 bits per heavy atom. The van der Waals surface area contributed by atoms with Crippen LogP contribution in [-0.2, 0) is 12.7 Å². The average Bonchev–Trinajstić information content (AvgIpc) is 3.08. The molecule has 2 aromatic rings. The molecule has 0 bridgehead atoms. The van der Waals surface area contributed by atoms with Gasteiger partial charge in [0, 0.05) is 18.9 Å².